The van der Waals surface area contributed by atoms with Crippen LogP contribution in [0.25, 0.3) is 0 Å². The molecule has 1 amide bonds. The number of aliphatic hydroxyl groups is 1. The van der Waals surface area contributed by atoms with E-state index in [4.69, 9.17) is 9.84 Å². The minimum Gasteiger partial charge on any atom is -0.489 e. The highest BCUT2D eigenvalue weighted by molar-refractivity contribution is 5.76. The van der Waals surface area contributed by atoms with Gasteiger partial charge >= 0.3 is 0 Å². The van der Waals surface area contributed by atoms with E-state index in [9.17, 15) is 9.18 Å². The Labute approximate surface area is 206 Å². The minimum absolute atomic E-state index is 0.0390. The zero-order valence-corrected chi connectivity index (χ0v) is 20.0. The summed E-state index contributed by atoms with van der Waals surface area (Å²) in [5.74, 6) is 0.292. The number of nitrogens with one attached hydrogen (secondary N) is 2. The number of halogens is 1. The number of hydrogen-bond donors (Lipinski definition) is 3. The Bertz CT molecular complexity index is 989. The van der Waals surface area contributed by atoms with Gasteiger partial charge in [0.2, 0.25) is 5.91 Å². The van der Waals surface area contributed by atoms with Gasteiger partial charge in [0.15, 0.2) is 0 Å². The van der Waals surface area contributed by atoms with Gasteiger partial charge in [-0.2, -0.15) is 0 Å². The number of carbonyl (C=O) groups is 1. The molecule has 1 aliphatic rings. The molecular formula is C28H34FN3O3. The molecule has 1 aliphatic heterocycles. The lowest BCUT2D eigenvalue weighted by molar-refractivity contribution is -0.121. The fourth-order valence-electron chi connectivity index (χ4n) is 3.70. The molecule has 35 heavy (non-hydrogen) atoms. The highest BCUT2D eigenvalue weighted by Crippen LogP contribution is 2.32. The van der Waals surface area contributed by atoms with Crippen molar-refractivity contribution in [3.05, 3.63) is 90.2 Å². The molecule has 0 spiro atoms. The molecular weight excluding hydrogens is 445 g/mol. The lowest BCUT2D eigenvalue weighted by Crippen LogP contribution is -2.34. The Kier molecular flexibility index (Phi) is 10.9. The van der Waals surface area contributed by atoms with Gasteiger partial charge in [-0.05, 0) is 42.7 Å². The predicted molar refractivity (Wildman–Crippen MR) is 139 cm³/mol. The van der Waals surface area contributed by atoms with Crippen LogP contribution in [0.1, 0.15) is 18.4 Å². The number of anilines is 2. The highest BCUT2D eigenvalue weighted by Gasteiger charge is 2.17. The van der Waals surface area contributed by atoms with Gasteiger partial charge < -0.3 is 25.4 Å². The van der Waals surface area contributed by atoms with Crippen molar-refractivity contribution in [3.63, 3.8) is 0 Å². The quantitative estimate of drug-likeness (QED) is 0.379. The van der Waals surface area contributed by atoms with Gasteiger partial charge in [-0.15, -0.1) is 0 Å². The zero-order valence-electron chi connectivity index (χ0n) is 20.0. The smallest absolute Gasteiger partial charge is 0.220 e. The predicted octanol–water partition coefficient (Wildman–Crippen LogP) is 4.25. The Morgan fingerprint density at radius 2 is 1.71 bits per heavy atom. The number of nitrogens with zero attached hydrogens (tertiary/aromatic N) is 1. The summed E-state index contributed by atoms with van der Waals surface area (Å²) in [4.78, 5) is 13.8. The number of fused-ring (bicyclic) bond motifs is 1. The van der Waals surface area contributed by atoms with Crippen LogP contribution < -0.4 is 20.3 Å². The van der Waals surface area contributed by atoms with Crippen LogP contribution in [0.4, 0.5) is 15.8 Å². The van der Waals surface area contributed by atoms with Crippen LogP contribution in [0.3, 0.4) is 0 Å². The van der Waals surface area contributed by atoms with Crippen molar-refractivity contribution in [3.8, 4) is 5.75 Å². The maximum Gasteiger partial charge on any atom is 0.220 e. The van der Waals surface area contributed by atoms with Crippen LogP contribution in [0.5, 0.6) is 5.75 Å². The van der Waals surface area contributed by atoms with Crippen LogP contribution in [-0.4, -0.2) is 50.4 Å². The van der Waals surface area contributed by atoms with Crippen molar-refractivity contribution in [2.75, 3.05) is 49.6 Å². The summed E-state index contributed by atoms with van der Waals surface area (Å²) < 4.78 is 18.9. The summed E-state index contributed by atoms with van der Waals surface area (Å²) in [6, 6.07) is 24.8. The van der Waals surface area contributed by atoms with Crippen molar-refractivity contribution < 1.29 is 19.0 Å². The molecule has 0 atom stereocenters. The molecule has 0 fully saturated rings. The lowest BCUT2D eigenvalue weighted by Gasteiger charge is -2.31. The second kappa shape index (κ2) is 14.6. The maximum atomic E-state index is 13.3. The fourth-order valence-corrected chi connectivity index (χ4v) is 3.70. The summed E-state index contributed by atoms with van der Waals surface area (Å²) in [6.45, 7) is 3.34. The molecule has 3 aromatic rings. The molecule has 0 saturated heterocycles. The number of rotatable bonds is 10. The summed E-state index contributed by atoms with van der Waals surface area (Å²) in [5.41, 5.74) is 3.10. The minimum atomic E-state index is -0.276. The second-order valence-corrected chi connectivity index (χ2v) is 8.15. The largest absolute Gasteiger partial charge is 0.489 e. The molecule has 6 nitrogen and oxygen atoms in total. The van der Waals surface area contributed by atoms with Gasteiger partial charge in [0.25, 0.3) is 0 Å². The van der Waals surface area contributed by atoms with Crippen molar-refractivity contribution >= 4 is 17.3 Å². The Morgan fingerprint density at radius 1 is 1.00 bits per heavy atom. The number of carbonyl (C=O) groups excluding carboxylic acids is 1. The van der Waals surface area contributed by atoms with Crippen LogP contribution >= 0.6 is 0 Å². The van der Waals surface area contributed by atoms with Crippen molar-refractivity contribution in [1.29, 1.82) is 0 Å². The van der Waals surface area contributed by atoms with Crippen LogP contribution in [0.15, 0.2) is 78.9 Å². The van der Waals surface area contributed by atoms with Crippen molar-refractivity contribution in [2.24, 2.45) is 0 Å². The Balaban J connectivity index is 0.000000497. The van der Waals surface area contributed by atoms with E-state index in [1.165, 1.54) is 12.1 Å². The average Bonchev–Trinajstić information content (AvgIpc) is 2.90. The van der Waals surface area contributed by atoms with Gasteiger partial charge in [-0.1, -0.05) is 48.5 Å². The highest BCUT2D eigenvalue weighted by atomic mass is 19.1. The van der Waals surface area contributed by atoms with E-state index in [1.54, 1.807) is 6.07 Å². The molecule has 0 radical (unpaired) electrons. The van der Waals surface area contributed by atoms with Gasteiger partial charge in [0.05, 0.1) is 18.8 Å². The topological polar surface area (TPSA) is 73.8 Å². The SMILES string of the molecule is O=C(CCc1ccc(NCCCN2CCOc3cc(F)ccc32)cc1)NCCO.c1ccccc1. The second-order valence-electron chi connectivity index (χ2n) is 8.15. The molecule has 3 N–H and O–H groups in total. The van der Waals surface area contributed by atoms with E-state index in [1.807, 2.05) is 60.7 Å². The lowest BCUT2D eigenvalue weighted by atomic mass is 10.1. The first-order chi connectivity index (χ1) is 17.2. The Hall–Kier alpha value is -3.58. The molecule has 1 heterocycles. The summed E-state index contributed by atoms with van der Waals surface area (Å²) in [5, 5.41) is 14.8. The van der Waals surface area contributed by atoms with E-state index >= 15 is 0 Å². The van der Waals surface area contributed by atoms with Gasteiger partial charge in [-0.25, -0.2) is 4.39 Å². The fraction of sp³-hybridized carbons (Fsp3) is 0.321. The van der Waals surface area contributed by atoms with E-state index in [0.717, 1.165) is 43.0 Å². The van der Waals surface area contributed by atoms with Crippen molar-refractivity contribution in [2.45, 2.75) is 19.3 Å². The first kappa shape index (κ1) is 26.0. The Morgan fingerprint density at radius 3 is 2.40 bits per heavy atom. The van der Waals surface area contributed by atoms with Crippen LogP contribution in [-0.2, 0) is 11.2 Å². The molecule has 0 unspecified atom stereocenters. The third-order valence-corrected chi connectivity index (χ3v) is 5.51. The average molecular weight is 480 g/mol. The van der Waals surface area contributed by atoms with E-state index in [2.05, 4.69) is 15.5 Å². The summed E-state index contributed by atoms with van der Waals surface area (Å²) >= 11 is 0. The standard InChI is InChI=1S/C22H28FN3O3.C6H6/c23-18-5-8-20-21(16-18)29-15-13-26(20)12-1-10-24-19-6-2-17(3-7-19)4-9-22(28)25-11-14-27;1-2-4-6-5-3-1/h2-3,5-8,16,24,27H,1,4,9-15H2,(H,25,28);1-6H. The van der Waals surface area contributed by atoms with Crippen LogP contribution in [0.2, 0.25) is 0 Å². The van der Waals surface area contributed by atoms with E-state index in [-0.39, 0.29) is 18.3 Å². The van der Waals surface area contributed by atoms with Gasteiger partial charge in [0.1, 0.15) is 18.2 Å². The number of benzene rings is 3. The third kappa shape index (κ3) is 9.29. The molecule has 0 aliphatic carbocycles. The normalized spacial score (nSPS) is 12.0. The summed E-state index contributed by atoms with van der Waals surface area (Å²) in [6.07, 6.45) is 2.04. The molecule has 0 saturated carbocycles. The maximum absolute atomic E-state index is 13.3. The zero-order chi connectivity index (χ0) is 24.7. The molecule has 3 aromatic carbocycles. The number of amides is 1. The van der Waals surface area contributed by atoms with Crippen molar-refractivity contribution in [1.82, 2.24) is 5.32 Å². The molecule has 186 valence electrons. The van der Waals surface area contributed by atoms with Gasteiger partial charge in [-0.3, -0.25) is 4.79 Å². The molecule has 4 rings (SSSR count). The van der Waals surface area contributed by atoms with Crippen LogP contribution in [0, 0.1) is 5.82 Å². The van der Waals surface area contributed by atoms with E-state index in [0.29, 0.717) is 31.7 Å². The molecule has 0 aromatic heterocycles. The van der Waals surface area contributed by atoms with Gasteiger partial charge in [0, 0.05) is 37.8 Å². The number of hydrogen-bond acceptors (Lipinski definition) is 5. The van der Waals surface area contributed by atoms with E-state index < -0.39 is 0 Å². The first-order valence-corrected chi connectivity index (χ1v) is 12.0. The first-order valence-electron chi connectivity index (χ1n) is 12.0. The number of ether oxygens (including phenoxy) is 1. The molecule has 7 heteroatoms. The third-order valence-electron chi connectivity index (χ3n) is 5.51. The molecule has 0 bridgehead atoms. The number of aliphatic hydroxyl groups excluding tert-OH is 1. The monoisotopic (exact) mass is 479 g/mol. The number of aryl methyl sites for hydroxylation is 1. The summed E-state index contributed by atoms with van der Waals surface area (Å²) in [7, 11) is 0.